The van der Waals surface area contributed by atoms with E-state index >= 15 is 0 Å². The third-order valence-electron chi connectivity index (χ3n) is 3.16. The summed E-state index contributed by atoms with van der Waals surface area (Å²) in [5.74, 6) is 1.05. The van der Waals surface area contributed by atoms with Crippen molar-refractivity contribution in [1.29, 1.82) is 0 Å². The van der Waals surface area contributed by atoms with Crippen molar-refractivity contribution < 1.29 is 9.53 Å². The first-order chi connectivity index (χ1) is 9.33. The summed E-state index contributed by atoms with van der Waals surface area (Å²) in [6.45, 7) is 8.47. The van der Waals surface area contributed by atoms with Crippen LogP contribution in [-0.2, 0) is 4.79 Å². The van der Waals surface area contributed by atoms with Gasteiger partial charge in [0.15, 0.2) is 6.61 Å². The molecule has 0 bridgehead atoms. The molecule has 1 aromatic carbocycles. The number of nitrogens with one attached hydrogen (secondary N) is 1. The van der Waals surface area contributed by atoms with Crippen LogP contribution in [0.25, 0.3) is 0 Å². The Morgan fingerprint density at radius 1 is 1.40 bits per heavy atom. The van der Waals surface area contributed by atoms with Crippen molar-refractivity contribution in [2.45, 2.75) is 45.6 Å². The summed E-state index contributed by atoms with van der Waals surface area (Å²) in [5, 5.41) is 2.77. The number of benzene rings is 1. The predicted molar refractivity (Wildman–Crippen MR) is 81.9 cm³/mol. The van der Waals surface area contributed by atoms with Crippen LogP contribution in [0, 0.1) is 0 Å². The van der Waals surface area contributed by atoms with E-state index in [1.54, 1.807) is 0 Å². The highest BCUT2D eigenvalue weighted by Crippen LogP contribution is 2.28. The van der Waals surface area contributed by atoms with Gasteiger partial charge in [-0.2, -0.15) is 0 Å². The quantitative estimate of drug-likeness (QED) is 0.805. The third kappa shape index (κ3) is 5.61. The van der Waals surface area contributed by atoms with Crippen LogP contribution in [-0.4, -0.2) is 24.6 Å². The molecule has 3 N–H and O–H groups in total. The highest BCUT2D eigenvalue weighted by atomic mass is 16.5. The molecule has 0 aliphatic rings. The number of rotatable bonds is 7. The number of hydrogen-bond donors (Lipinski definition) is 2. The lowest BCUT2D eigenvalue weighted by atomic mass is 9.98. The van der Waals surface area contributed by atoms with Gasteiger partial charge in [-0.3, -0.25) is 4.79 Å². The van der Waals surface area contributed by atoms with Crippen molar-refractivity contribution in [2.75, 3.05) is 13.2 Å². The molecule has 4 heteroatoms. The van der Waals surface area contributed by atoms with E-state index in [0.717, 1.165) is 17.7 Å². The highest BCUT2D eigenvalue weighted by Gasteiger charge is 2.14. The molecule has 1 rings (SSSR count). The first kappa shape index (κ1) is 16.5. The first-order valence-electron chi connectivity index (χ1n) is 7.10. The molecule has 1 amide bonds. The maximum atomic E-state index is 11.7. The molecule has 112 valence electrons. The maximum absolute atomic E-state index is 11.7. The summed E-state index contributed by atoms with van der Waals surface area (Å²) in [7, 11) is 0. The molecule has 0 aliphatic heterocycles. The van der Waals surface area contributed by atoms with Crippen LogP contribution in [0.2, 0.25) is 0 Å². The van der Waals surface area contributed by atoms with E-state index in [1.807, 2.05) is 38.1 Å². The molecule has 1 aromatic rings. The van der Waals surface area contributed by atoms with E-state index in [4.69, 9.17) is 10.5 Å². The molecule has 4 nitrogen and oxygen atoms in total. The summed E-state index contributed by atoms with van der Waals surface area (Å²) < 4.78 is 5.63. The maximum Gasteiger partial charge on any atom is 0.258 e. The molecule has 1 atom stereocenters. The lowest BCUT2D eigenvalue weighted by Crippen LogP contribution is -2.46. The highest BCUT2D eigenvalue weighted by molar-refractivity contribution is 5.77. The van der Waals surface area contributed by atoms with Crippen molar-refractivity contribution in [3.8, 4) is 5.75 Å². The number of nitrogens with two attached hydrogens (primary N) is 1. The zero-order valence-electron chi connectivity index (χ0n) is 12.9. The van der Waals surface area contributed by atoms with Crippen molar-refractivity contribution >= 4 is 5.91 Å². The van der Waals surface area contributed by atoms with Crippen molar-refractivity contribution in [1.82, 2.24) is 5.32 Å². The Balaban J connectivity index is 2.55. The third-order valence-corrected chi connectivity index (χ3v) is 3.16. The fraction of sp³-hybridized carbons (Fsp3) is 0.562. The average molecular weight is 278 g/mol. The fourth-order valence-corrected chi connectivity index (χ4v) is 1.76. The second kappa shape index (κ2) is 7.29. The molecule has 0 heterocycles. The van der Waals surface area contributed by atoms with E-state index in [1.165, 1.54) is 0 Å². The van der Waals surface area contributed by atoms with Gasteiger partial charge >= 0.3 is 0 Å². The monoisotopic (exact) mass is 278 g/mol. The van der Waals surface area contributed by atoms with Crippen LogP contribution in [0.5, 0.6) is 5.75 Å². The second-order valence-corrected chi connectivity index (χ2v) is 5.90. The van der Waals surface area contributed by atoms with Crippen molar-refractivity contribution in [2.24, 2.45) is 5.73 Å². The topological polar surface area (TPSA) is 64.3 Å². The molecule has 1 unspecified atom stereocenters. The molecule has 20 heavy (non-hydrogen) atoms. The predicted octanol–water partition coefficient (Wildman–Crippen LogP) is 2.43. The zero-order valence-corrected chi connectivity index (χ0v) is 12.9. The van der Waals surface area contributed by atoms with Crippen LogP contribution < -0.4 is 15.8 Å². The second-order valence-electron chi connectivity index (χ2n) is 5.90. The van der Waals surface area contributed by atoms with E-state index < -0.39 is 5.54 Å². The minimum atomic E-state index is -0.412. The van der Waals surface area contributed by atoms with Gasteiger partial charge in [0.2, 0.25) is 0 Å². The van der Waals surface area contributed by atoms with Crippen LogP contribution in [0.4, 0.5) is 0 Å². The van der Waals surface area contributed by atoms with Crippen LogP contribution in [0.15, 0.2) is 24.3 Å². The van der Waals surface area contributed by atoms with Gasteiger partial charge in [0, 0.05) is 12.1 Å². The lowest BCUT2D eigenvalue weighted by Gasteiger charge is -2.19. The summed E-state index contributed by atoms with van der Waals surface area (Å²) in [4.78, 5) is 11.7. The Hall–Kier alpha value is -1.55. The molecule has 0 aromatic heterocycles. The Bertz CT molecular complexity index is 438. The molecular formula is C16H26N2O2. The Labute approximate surface area is 121 Å². The van der Waals surface area contributed by atoms with Gasteiger partial charge in [0.05, 0.1) is 0 Å². The van der Waals surface area contributed by atoms with Gasteiger partial charge < -0.3 is 15.8 Å². The number of carbonyl (C=O) groups is 1. The van der Waals surface area contributed by atoms with Crippen molar-refractivity contribution in [3.05, 3.63) is 29.8 Å². The van der Waals surface area contributed by atoms with E-state index in [-0.39, 0.29) is 12.5 Å². The summed E-state index contributed by atoms with van der Waals surface area (Å²) >= 11 is 0. The SMILES string of the molecule is CCC(C)c1ccccc1OCC(=O)NCC(C)(C)N. The smallest absolute Gasteiger partial charge is 0.258 e. The van der Waals surface area contributed by atoms with Gasteiger partial charge in [-0.25, -0.2) is 0 Å². The largest absolute Gasteiger partial charge is 0.483 e. The summed E-state index contributed by atoms with van der Waals surface area (Å²) in [6, 6.07) is 7.86. The molecular weight excluding hydrogens is 252 g/mol. The van der Waals surface area contributed by atoms with E-state index in [0.29, 0.717) is 12.5 Å². The Morgan fingerprint density at radius 2 is 2.05 bits per heavy atom. The van der Waals surface area contributed by atoms with E-state index in [9.17, 15) is 4.79 Å². The van der Waals surface area contributed by atoms with Gasteiger partial charge in [-0.05, 0) is 37.8 Å². The molecule has 0 saturated heterocycles. The average Bonchev–Trinajstić information content (AvgIpc) is 2.41. The fourth-order valence-electron chi connectivity index (χ4n) is 1.76. The first-order valence-corrected chi connectivity index (χ1v) is 7.10. The molecule has 0 fully saturated rings. The number of ether oxygens (including phenoxy) is 1. The Morgan fingerprint density at radius 3 is 2.65 bits per heavy atom. The minimum Gasteiger partial charge on any atom is -0.483 e. The van der Waals surface area contributed by atoms with Gasteiger partial charge in [0.25, 0.3) is 5.91 Å². The number of amides is 1. The number of carbonyl (C=O) groups excluding carboxylic acids is 1. The zero-order chi connectivity index (χ0) is 15.2. The van der Waals surface area contributed by atoms with Gasteiger partial charge in [-0.1, -0.05) is 32.0 Å². The van der Waals surface area contributed by atoms with Crippen molar-refractivity contribution in [3.63, 3.8) is 0 Å². The molecule has 0 spiro atoms. The summed E-state index contributed by atoms with van der Waals surface area (Å²) in [5.41, 5.74) is 6.55. The van der Waals surface area contributed by atoms with Crippen LogP contribution >= 0.6 is 0 Å². The minimum absolute atomic E-state index is 0.0174. The van der Waals surface area contributed by atoms with Crippen LogP contribution in [0.3, 0.4) is 0 Å². The molecule has 0 saturated carbocycles. The van der Waals surface area contributed by atoms with Gasteiger partial charge in [0.1, 0.15) is 5.75 Å². The van der Waals surface area contributed by atoms with Gasteiger partial charge in [-0.15, -0.1) is 0 Å². The number of para-hydroxylation sites is 1. The summed E-state index contributed by atoms with van der Waals surface area (Å²) in [6.07, 6.45) is 1.04. The van der Waals surface area contributed by atoms with Crippen LogP contribution in [0.1, 0.15) is 45.6 Å². The number of hydrogen-bond acceptors (Lipinski definition) is 3. The molecule has 0 radical (unpaired) electrons. The lowest BCUT2D eigenvalue weighted by molar-refractivity contribution is -0.123. The molecule has 0 aliphatic carbocycles. The standard InChI is InChI=1S/C16H26N2O2/c1-5-12(2)13-8-6-7-9-14(13)20-10-15(19)18-11-16(3,4)17/h6-9,12H,5,10-11,17H2,1-4H3,(H,18,19). The normalized spacial score (nSPS) is 12.8. The van der Waals surface area contributed by atoms with E-state index in [2.05, 4.69) is 19.2 Å². The Kier molecular flexibility index (Phi) is 6.02.